The van der Waals surface area contributed by atoms with Crippen molar-refractivity contribution in [3.05, 3.63) is 41.3 Å². The fraction of sp³-hybridized carbons (Fsp3) is 0.0909. The number of benzene rings is 1. The second-order valence-electron chi connectivity index (χ2n) is 3.23. The van der Waals surface area contributed by atoms with Gasteiger partial charge in [-0.1, -0.05) is 12.1 Å². The molecular weight excluding hydrogens is 308 g/mol. The summed E-state index contributed by atoms with van der Waals surface area (Å²) in [5.74, 6) is 0.532. The van der Waals surface area contributed by atoms with E-state index in [0.29, 0.717) is 16.1 Å². The molecule has 2 aromatic rings. The van der Waals surface area contributed by atoms with Crippen LogP contribution in [0.5, 0.6) is 5.75 Å². The van der Waals surface area contributed by atoms with Crippen LogP contribution < -0.4 is 10.1 Å². The maximum absolute atomic E-state index is 12.2. The molecule has 0 atom stereocenters. The number of halogens is 3. The Kier molecular flexibility index (Phi) is 4.03. The predicted molar refractivity (Wildman–Crippen MR) is 66.1 cm³/mol. The molecule has 0 amide bonds. The molecule has 94 valence electrons. The molecular formula is C11H8BrF2N3O. The molecule has 2 rings (SSSR count). The third-order valence-corrected chi connectivity index (χ3v) is 2.43. The second kappa shape index (κ2) is 5.72. The summed E-state index contributed by atoms with van der Waals surface area (Å²) in [5.41, 5.74) is 0.406. The lowest BCUT2D eigenvalue weighted by molar-refractivity contribution is -0.0493. The number of rotatable bonds is 4. The van der Waals surface area contributed by atoms with E-state index in [9.17, 15) is 8.78 Å². The van der Waals surface area contributed by atoms with Gasteiger partial charge in [-0.25, -0.2) is 9.97 Å². The summed E-state index contributed by atoms with van der Waals surface area (Å²) in [6.07, 6.45) is 1.35. The van der Waals surface area contributed by atoms with Crippen molar-refractivity contribution in [3.63, 3.8) is 0 Å². The van der Waals surface area contributed by atoms with Gasteiger partial charge in [0.15, 0.2) is 0 Å². The van der Waals surface area contributed by atoms with E-state index >= 15 is 0 Å². The molecule has 0 aliphatic heterocycles. The first-order chi connectivity index (χ1) is 8.65. The molecule has 0 saturated carbocycles. The van der Waals surface area contributed by atoms with Crippen LogP contribution in [-0.2, 0) is 0 Å². The number of ether oxygens (including phenoxy) is 1. The van der Waals surface area contributed by atoms with Crippen molar-refractivity contribution >= 4 is 27.4 Å². The number of para-hydroxylation sites is 2. The Hall–Kier alpha value is -1.76. The summed E-state index contributed by atoms with van der Waals surface area (Å²) in [7, 11) is 0. The summed E-state index contributed by atoms with van der Waals surface area (Å²) >= 11 is 3.19. The van der Waals surface area contributed by atoms with Gasteiger partial charge in [-0.05, 0) is 28.1 Å². The SMILES string of the molecule is FC(F)Oc1ccccc1Nc1cc(Br)ncn1. The van der Waals surface area contributed by atoms with E-state index in [-0.39, 0.29) is 5.75 Å². The van der Waals surface area contributed by atoms with E-state index < -0.39 is 6.61 Å². The molecule has 1 heterocycles. The lowest BCUT2D eigenvalue weighted by atomic mass is 10.3. The summed E-state index contributed by atoms with van der Waals surface area (Å²) < 4.78 is 29.4. The average molecular weight is 316 g/mol. The maximum Gasteiger partial charge on any atom is 0.387 e. The molecule has 4 nitrogen and oxygen atoms in total. The van der Waals surface area contributed by atoms with E-state index in [4.69, 9.17) is 0 Å². The molecule has 0 aliphatic carbocycles. The van der Waals surface area contributed by atoms with Crippen LogP contribution in [0.2, 0.25) is 0 Å². The monoisotopic (exact) mass is 315 g/mol. The van der Waals surface area contributed by atoms with Gasteiger partial charge in [0, 0.05) is 6.07 Å². The average Bonchev–Trinajstić information content (AvgIpc) is 2.31. The van der Waals surface area contributed by atoms with Crippen molar-refractivity contribution in [2.24, 2.45) is 0 Å². The van der Waals surface area contributed by atoms with Gasteiger partial charge < -0.3 is 10.1 Å². The number of alkyl halides is 2. The number of nitrogens with one attached hydrogen (secondary N) is 1. The highest BCUT2D eigenvalue weighted by atomic mass is 79.9. The fourth-order valence-electron chi connectivity index (χ4n) is 1.31. The first-order valence-corrected chi connectivity index (χ1v) is 5.73. The van der Waals surface area contributed by atoms with Crippen LogP contribution in [0.3, 0.4) is 0 Å². The van der Waals surface area contributed by atoms with E-state index in [1.165, 1.54) is 12.4 Å². The van der Waals surface area contributed by atoms with Crippen molar-refractivity contribution in [2.75, 3.05) is 5.32 Å². The number of anilines is 2. The van der Waals surface area contributed by atoms with Crippen LogP contribution in [0, 0.1) is 0 Å². The first kappa shape index (κ1) is 12.7. The van der Waals surface area contributed by atoms with Crippen molar-refractivity contribution in [1.82, 2.24) is 9.97 Å². The largest absolute Gasteiger partial charge is 0.433 e. The number of hydrogen-bond donors (Lipinski definition) is 1. The van der Waals surface area contributed by atoms with Crippen LogP contribution in [0.25, 0.3) is 0 Å². The van der Waals surface area contributed by atoms with Crippen molar-refractivity contribution < 1.29 is 13.5 Å². The highest BCUT2D eigenvalue weighted by Gasteiger charge is 2.09. The Morgan fingerprint density at radius 1 is 1.22 bits per heavy atom. The highest BCUT2D eigenvalue weighted by molar-refractivity contribution is 9.10. The zero-order valence-electron chi connectivity index (χ0n) is 8.98. The van der Waals surface area contributed by atoms with Gasteiger partial charge in [-0.2, -0.15) is 8.78 Å². The standard InChI is InChI=1S/C11H8BrF2N3O/c12-9-5-10(16-6-15-9)17-7-3-1-2-4-8(7)18-11(13)14/h1-6,11H,(H,15,16,17). The molecule has 0 saturated heterocycles. The van der Waals surface area contributed by atoms with Crippen LogP contribution >= 0.6 is 15.9 Å². The topological polar surface area (TPSA) is 47.0 Å². The molecule has 0 fully saturated rings. The molecule has 0 radical (unpaired) electrons. The molecule has 7 heteroatoms. The first-order valence-electron chi connectivity index (χ1n) is 4.93. The molecule has 0 spiro atoms. The molecule has 0 bridgehead atoms. The fourth-order valence-corrected chi connectivity index (χ4v) is 1.62. The van der Waals surface area contributed by atoms with Crippen molar-refractivity contribution in [2.45, 2.75) is 6.61 Å². The van der Waals surface area contributed by atoms with Gasteiger partial charge in [0.2, 0.25) is 0 Å². The number of hydrogen-bond acceptors (Lipinski definition) is 4. The second-order valence-corrected chi connectivity index (χ2v) is 4.04. The smallest absolute Gasteiger partial charge is 0.387 e. The predicted octanol–water partition coefficient (Wildman–Crippen LogP) is 3.58. The van der Waals surface area contributed by atoms with Crippen LogP contribution in [0.1, 0.15) is 0 Å². The van der Waals surface area contributed by atoms with Crippen molar-refractivity contribution in [3.8, 4) is 5.75 Å². The van der Waals surface area contributed by atoms with E-state index in [1.807, 2.05) is 0 Å². The molecule has 0 aliphatic rings. The molecule has 18 heavy (non-hydrogen) atoms. The zero-order chi connectivity index (χ0) is 13.0. The number of nitrogens with zero attached hydrogens (tertiary/aromatic N) is 2. The van der Waals surface area contributed by atoms with Gasteiger partial charge >= 0.3 is 6.61 Å². The van der Waals surface area contributed by atoms with Gasteiger partial charge in [0.25, 0.3) is 0 Å². The lowest BCUT2D eigenvalue weighted by Gasteiger charge is -2.11. The summed E-state index contributed by atoms with van der Waals surface area (Å²) in [5, 5.41) is 2.88. The Labute approximate surface area is 110 Å². The minimum atomic E-state index is -2.87. The molecule has 0 unspecified atom stereocenters. The normalized spacial score (nSPS) is 10.4. The van der Waals surface area contributed by atoms with Crippen LogP contribution in [-0.4, -0.2) is 16.6 Å². The minimum Gasteiger partial charge on any atom is -0.433 e. The summed E-state index contributed by atoms with van der Waals surface area (Å²) in [6, 6.07) is 8.01. The lowest BCUT2D eigenvalue weighted by Crippen LogP contribution is -2.04. The highest BCUT2D eigenvalue weighted by Crippen LogP contribution is 2.28. The van der Waals surface area contributed by atoms with Crippen LogP contribution in [0.4, 0.5) is 20.3 Å². The molecule has 1 aromatic heterocycles. The van der Waals surface area contributed by atoms with Gasteiger partial charge in [0.05, 0.1) is 5.69 Å². The van der Waals surface area contributed by atoms with E-state index in [0.717, 1.165) is 0 Å². The third-order valence-electron chi connectivity index (χ3n) is 2.00. The van der Waals surface area contributed by atoms with Gasteiger partial charge in [-0.3, -0.25) is 0 Å². The van der Waals surface area contributed by atoms with Crippen molar-refractivity contribution in [1.29, 1.82) is 0 Å². The third kappa shape index (κ3) is 3.36. The van der Waals surface area contributed by atoms with Gasteiger partial charge in [-0.15, -0.1) is 0 Å². The van der Waals surface area contributed by atoms with E-state index in [1.54, 1.807) is 24.3 Å². The Morgan fingerprint density at radius 3 is 2.72 bits per heavy atom. The Morgan fingerprint density at radius 2 is 2.00 bits per heavy atom. The zero-order valence-corrected chi connectivity index (χ0v) is 10.6. The van der Waals surface area contributed by atoms with Gasteiger partial charge in [0.1, 0.15) is 22.5 Å². The minimum absolute atomic E-state index is 0.0576. The summed E-state index contributed by atoms with van der Waals surface area (Å²) in [4.78, 5) is 7.83. The molecule has 1 aromatic carbocycles. The molecule has 1 N–H and O–H groups in total. The van der Waals surface area contributed by atoms with E-state index in [2.05, 4.69) is 36.0 Å². The Balaban J connectivity index is 2.23. The number of aromatic nitrogens is 2. The maximum atomic E-state index is 12.2. The Bertz CT molecular complexity index is 539. The quantitative estimate of drug-likeness (QED) is 0.876. The summed E-state index contributed by atoms with van der Waals surface area (Å²) in [6.45, 7) is -2.87. The van der Waals surface area contributed by atoms with Crippen LogP contribution in [0.15, 0.2) is 41.3 Å².